The molecule has 2 atom stereocenters. The predicted molar refractivity (Wildman–Crippen MR) is 94.0 cm³/mol. The van der Waals surface area contributed by atoms with Crippen molar-refractivity contribution >= 4 is 11.3 Å². The molecule has 0 spiro atoms. The lowest BCUT2D eigenvalue weighted by Crippen LogP contribution is -2.50. The number of morpholine rings is 1. The van der Waals surface area contributed by atoms with Crippen molar-refractivity contribution in [1.29, 1.82) is 0 Å². The predicted octanol–water partition coefficient (Wildman–Crippen LogP) is 2.91. The third kappa shape index (κ3) is 3.72. The first kappa shape index (κ1) is 16.3. The van der Waals surface area contributed by atoms with Crippen LogP contribution in [0.5, 0.6) is 0 Å². The van der Waals surface area contributed by atoms with Crippen LogP contribution >= 0.6 is 11.3 Å². The van der Waals surface area contributed by atoms with Gasteiger partial charge in [0.05, 0.1) is 36.2 Å². The Bertz CT molecular complexity index is 642. The van der Waals surface area contributed by atoms with E-state index in [1.807, 2.05) is 6.07 Å². The fraction of sp³-hybridized carbons (Fsp3) is 0.611. The summed E-state index contributed by atoms with van der Waals surface area (Å²) in [6.45, 7) is 7.95. The number of furan rings is 1. The van der Waals surface area contributed by atoms with E-state index < -0.39 is 0 Å². The number of hydrogen-bond donors (Lipinski definition) is 0. The van der Waals surface area contributed by atoms with Gasteiger partial charge in [-0.05, 0) is 31.9 Å². The molecule has 0 amide bonds. The summed E-state index contributed by atoms with van der Waals surface area (Å²) in [6, 6.07) is 4.53. The summed E-state index contributed by atoms with van der Waals surface area (Å²) >= 11 is 1.74. The molecule has 2 aromatic rings. The lowest BCUT2D eigenvalue weighted by molar-refractivity contribution is -0.0750. The van der Waals surface area contributed by atoms with Gasteiger partial charge in [-0.15, -0.1) is 11.3 Å². The van der Waals surface area contributed by atoms with E-state index in [-0.39, 0.29) is 0 Å². The molecule has 4 heterocycles. The summed E-state index contributed by atoms with van der Waals surface area (Å²) in [4.78, 5) is 9.72. The molecular formula is C18H25N3O2S. The Morgan fingerprint density at radius 2 is 2.17 bits per heavy atom. The van der Waals surface area contributed by atoms with Gasteiger partial charge in [0, 0.05) is 37.6 Å². The Balaban J connectivity index is 1.40. The van der Waals surface area contributed by atoms with Gasteiger partial charge in [-0.25, -0.2) is 4.98 Å². The van der Waals surface area contributed by atoms with E-state index in [1.54, 1.807) is 17.6 Å². The van der Waals surface area contributed by atoms with Crippen molar-refractivity contribution in [3.05, 3.63) is 40.2 Å². The average Bonchev–Trinajstić information content (AvgIpc) is 3.18. The SMILES string of the molecule is Cc1nc(CN2CCO[C@@H]3CCN(Cc4ccco4)CC[C@H]32)cs1. The number of hydrogen-bond acceptors (Lipinski definition) is 6. The monoisotopic (exact) mass is 347 g/mol. The maximum atomic E-state index is 6.11. The number of ether oxygens (including phenoxy) is 1. The molecule has 2 aliphatic heterocycles. The first-order valence-corrected chi connectivity index (χ1v) is 9.67. The van der Waals surface area contributed by atoms with Crippen LogP contribution in [-0.2, 0) is 17.8 Å². The van der Waals surface area contributed by atoms with E-state index in [0.717, 1.165) is 62.9 Å². The van der Waals surface area contributed by atoms with Gasteiger partial charge in [-0.1, -0.05) is 0 Å². The van der Waals surface area contributed by atoms with Gasteiger partial charge in [-0.2, -0.15) is 0 Å². The summed E-state index contributed by atoms with van der Waals surface area (Å²) in [6.07, 6.45) is 4.35. The molecule has 5 nitrogen and oxygen atoms in total. The van der Waals surface area contributed by atoms with Crippen molar-refractivity contribution in [3.8, 4) is 0 Å². The minimum atomic E-state index is 0.347. The Kier molecular flexibility index (Phi) is 4.98. The third-order valence-electron chi connectivity index (χ3n) is 5.07. The first-order chi connectivity index (χ1) is 11.8. The number of fused-ring (bicyclic) bond motifs is 1. The highest BCUT2D eigenvalue weighted by atomic mass is 32.1. The fourth-order valence-electron chi connectivity index (χ4n) is 3.88. The maximum absolute atomic E-state index is 6.11. The lowest BCUT2D eigenvalue weighted by atomic mass is 10.0. The Morgan fingerprint density at radius 3 is 2.96 bits per heavy atom. The van der Waals surface area contributed by atoms with Gasteiger partial charge in [0.1, 0.15) is 5.76 Å². The van der Waals surface area contributed by atoms with Gasteiger partial charge in [0.2, 0.25) is 0 Å². The standard InChI is InChI=1S/C18H25N3O2S/c1-14-19-15(13-24-14)11-21-8-10-23-18-5-7-20(6-4-17(18)21)12-16-3-2-9-22-16/h2-3,9,13,17-18H,4-8,10-12H2,1H3/t17-,18-/m1/s1. The molecule has 6 heteroatoms. The number of aromatic nitrogens is 1. The highest BCUT2D eigenvalue weighted by molar-refractivity contribution is 7.09. The highest BCUT2D eigenvalue weighted by Gasteiger charge is 2.35. The Hall–Kier alpha value is -1.21. The third-order valence-corrected chi connectivity index (χ3v) is 5.89. The molecule has 0 N–H and O–H groups in total. The minimum Gasteiger partial charge on any atom is -0.468 e. The molecule has 24 heavy (non-hydrogen) atoms. The van der Waals surface area contributed by atoms with Crippen molar-refractivity contribution in [2.75, 3.05) is 26.2 Å². The van der Waals surface area contributed by atoms with Crippen LogP contribution in [0.15, 0.2) is 28.2 Å². The van der Waals surface area contributed by atoms with E-state index in [2.05, 4.69) is 33.2 Å². The second-order valence-electron chi connectivity index (χ2n) is 6.74. The van der Waals surface area contributed by atoms with Crippen LogP contribution in [0.1, 0.15) is 29.3 Å². The molecule has 2 aliphatic rings. The van der Waals surface area contributed by atoms with Crippen LogP contribution in [0.4, 0.5) is 0 Å². The van der Waals surface area contributed by atoms with Gasteiger partial charge < -0.3 is 9.15 Å². The molecule has 0 aliphatic carbocycles. The summed E-state index contributed by atoms with van der Waals surface area (Å²) in [5.74, 6) is 1.05. The van der Waals surface area contributed by atoms with E-state index >= 15 is 0 Å². The quantitative estimate of drug-likeness (QED) is 0.851. The van der Waals surface area contributed by atoms with Gasteiger partial charge in [0.15, 0.2) is 0 Å². The minimum absolute atomic E-state index is 0.347. The van der Waals surface area contributed by atoms with Crippen LogP contribution in [0.3, 0.4) is 0 Å². The van der Waals surface area contributed by atoms with Crippen LogP contribution < -0.4 is 0 Å². The normalized spacial score (nSPS) is 26.2. The van der Waals surface area contributed by atoms with E-state index in [9.17, 15) is 0 Å². The molecule has 0 saturated carbocycles. The second-order valence-corrected chi connectivity index (χ2v) is 7.80. The molecule has 0 unspecified atom stereocenters. The number of likely N-dealkylation sites (tertiary alicyclic amines) is 1. The van der Waals surface area contributed by atoms with E-state index in [4.69, 9.17) is 9.15 Å². The van der Waals surface area contributed by atoms with Crippen molar-refractivity contribution in [2.24, 2.45) is 0 Å². The Morgan fingerprint density at radius 1 is 1.25 bits per heavy atom. The molecule has 130 valence electrons. The van der Waals surface area contributed by atoms with Gasteiger partial charge >= 0.3 is 0 Å². The molecule has 0 radical (unpaired) electrons. The number of aryl methyl sites for hydroxylation is 1. The van der Waals surface area contributed by atoms with Crippen LogP contribution in [0.25, 0.3) is 0 Å². The zero-order valence-corrected chi connectivity index (χ0v) is 15.0. The summed E-state index contributed by atoms with van der Waals surface area (Å²) in [7, 11) is 0. The number of nitrogens with zero attached hydrogens (tertiary/aromatic N) is 3. The maximum Gasteiger partial charge on any atom is 0.117 e. The highest BCUT2D eigenvalue weighted by Crippen LogP contribution is 2.26. The number of thiazole rings is 1. The first-order valence-electron chi connectivity index (χ1n) is 8.79. The van der Waals surface area contributed by atoms with Crippen LogP contribution in [-0.4, -0.2) is 53.2 Å². The summed E-state index contributed by atoms with van der Waals surface area (Å²) in [5.41, 5.74) is 1.20. The molecule has 0 aromatic carbocycles. The zero-order chi connectivity index (χ0) is 16.4. The molecule has 2 saturated heterocycles. The van der Waals surface area contributed by atoms with Crippen molar-refractivity contribution in [3.63, 3.8) is 0 Å². The molecular weight excluding hydrogens is 322 g/mol. The second kappa shape index (κ2) is 7.35. The summed E-state index contributed by atoms with van der Waals surface area (Å²) in [5, 5.41) is 3.35. The molecule has 2 aromatic heterocycles. The fourth-order valence-corrected chi connectivity index (χ4v) is 4.48. The number of rotatable bonds is 4. The lowest BCUT2D eigenvalue weighted by Gasteiger charge is -2.40. The van der Waals surface area contributed by atoms with Crippen LogP contribution in [0.2, 0.25) is 0 Å². The zero-order valence-electron chi connectivity index (χ0n) is 14.2. The summed E-state index contributed by atoms with van der Waals surface area (Å²) < 4.78 is 11.6. The van der Waals surface area contributed by atoms with Gasteiger partial charge in [0.25, 0.3) is 0 Å². The molecule has 2 fully saturated rings. The van der Waals surface area contributed by atoms with Crippen molar-refractivity contribution in [1.82, 2.24) is 14.8 Å². The van der Waals surface area contributed by atoms with Crippen molar-refractivity contribution in [2.45, 2.75) is 45.0 Å². The van der Waals surface area contributed by atoms with E-state index in [1.165, 1.54) is 5.69 Å². The Labute approximate surface area is 147 Å². The smallest absolute Gasteiger partial charge is 0.117 e. The van der Waals surface area contributed by atoms with Gasteiger partial charge in [-0.3, -0.25) is 9.80 Å². The van der Waals surface area contributed by atoms with E-state index in [0.29, 0.717) is 12.1 Å². The van der Waals surface area contributed by atoms with Crippen molar-refractivity contribution < 1.29 is 9.15 Å². The van der Waals surface area contributed by atoms with Crippen LogP contribution in [0, 0.1) is 6.92 Å². The molecule has 0 bridgehead atoms. The topological polar surface area (TPSA) is 41.7 Å². The average molecular weight is 347 g/mol. The largest absolute Gasteiger partial charge is 0.468 e. The molecule has 4 rings (SSSR count).